The van der Waals surface area contributed by atoms with Crippen LogP contribution in [0.15, 0.2) is 0 Å². The molecule has 2 heterocycles. The second kappa shape index (κ2) is 42.4. The Morgan fingerprint density at radius 1 is 0.549 bits per heavy atom. The highest BCUT2D eigenvalue weighted by atomic mass is 32.1. The van der Waals surface area contributed by atoms with Crippen LogP contribution in [0.1, 0.15) is 286 Å². The van der Waals surface area contributed by atoms with E-state index in [0.29, 0.717) is 75.1 Å². The Balaban J connectivity index is 1.94. The van der Waals surface area contributed by atoms with Crippen LogP contribution in [0.4, 0.5) is 5.00 Å². The van der Waals surface area contributed by atoms with Crippen LogP contribution in [0.25, 0.3) is 0 Å². The van der Waals surface area contributed by atoms with Gasteiger partial charge in [0.2, 0.25) is 11.8 Å². The first kappa shape index (κ1) is 64.1. The number of amides is 3. The van der Waals surface area contributed by atoms with E-state index in [1.165, 1.54) is 140 Å². The van der Waals surface area contributed by atoms with Crippen molar-refractivity contribution in [2.75, 3.05) is 39.0 Å². The summed E-state index contributed by atoms with van der Waals surface area (Å²) < 4.78 is 12.1. The van der Waals surface area contributed by atoms with Crippen LogP contribution >= 0.6 is 11.3 Å². The van der Waals surface area contributed by atoms with Gasteiger partial charge in [0.05, 0.1) is 12.1 Å². The molecule has 11 nitrogen and oxygen atoms in total. The first-order chi connectivity index (χ1) is 34.5. The molecule has 12 heteroatoms. The van der Waals surface area contributed by atoms with Gasteiger partial charge in [0.25, 0.3) is 5.91 Å². The number of carbonyl (C=O) groups is 5. The van der Waals surface area contributed by atoms with Gasteiger partial charge in [0.1, 0.15) is 17.2 Å². The number of unbranched alkanes of at least 4 members (excludes halogenated alkanes) is 22. The molecule has 1 aliphatic rings. The molecule has 1 aliphatic heterocycles. The molecule has 0 aliphatic carbocycles. The van der Waals surface area contributed by atoms with Crippen LogP contribution in [0.2, 0.25) is 0 Å². The van der Waals surface area contributed by atoms with Crippen LogP contribution < -0.4 is 10.6 Å². The molecule has 2 rings (SSSR count). The Labute approximate surface area is 438 Å². The summed E-state index contributed by atoms with van der Waals surface area (Å²) in [4.78, 5) is 71.7. The van der Waals surface area contributed by atoms with E-state index in [9.17, 15) is 24.0 Å². The van der Waals surface area contributed by atoms with Gasteiger partial charge in [0.15, 0.2) is 0 Å². The van der Waals surface area contributed by atoms with Gasteiger partial charge in [-0.15, -0.1) is 11.3 Å². The number of ether oxygens (including phenoxy) is 2. The molecule has 0 saturated heterocycles. The number of thiophene rings is 1. The van der Waals surface area contributed by atoms with E-state index in [-0.39, 0.29) is 54.7 Å². The number of nitrogens with zero attached hydrogens (tertiary/aromatic N) is 2. The second-order valence-corrected chi connectivity index (χ2v) is 22.2. The zero-order chi connectivity index (χ0) is 51.7. The molecule has 0 aromatic carbocycles. The molecule has 0 unspecified atom stereocenters. The topological polar surface area (TPSA) is 134 Å². The molecule has 0 saturated carbocycles. The predicted octanol–water partition coefficient (Wildman–Crippen LogP) is 15.2. The number of nitrogens with one attached hydrogen (secondary N) is 2. The van der Waals surface area contributed by atoms with Gasteiger partial charge in [0, 0.05) is 43.6 Å². The normalized spacial score (nSPS) is 12.5. The monoisotopic (exact) mass is 1010 g/mol. The highest BCUT2D eigenvalue weighted by Gasteiger charge is 2.30. The highest BCUT2D eigenvalue weighted by molar-refractivity contribution is 7.17. The van der Waals surface area contributed by atoms with E-state index in [2.05, 4.69) is 43.2 Å². The third-order valence-electron chi connectivity index (χ3n) is 14.1. The fourth-order valence-electron chi connectivity index (χ4n) is 9.70. The lowest BCUT2D eigenvalue weighted by atomic mass is 10.0. The van der Waals surface area contributed by atoms with E-state index in [4.69, 9.17) is 9.47 Å². The quantitative estimate of drug-likeness (QED) is 0.0487. The lowest BCUT2D eigenvalue weighted by molar-refractivity contribution is -0.151. The Morgan fingerprint density at radius 3 is 1.42 bits per heavy atom. The zero-order valence-corrected chi connectivity index (χ0v) is 47.3. The van der Waals surface area contributed by atoms with Crippen molar-refractivity contribution in [3.05, 3.63) is 16.0 Å². The van der Waals surface area contributed by atoms with E-state index >= 15 is 0 Å². The summed E-state index contributed by atoms with van der Waals surface area (Å²) in [5.41, 5.74) is 1.41. The highest BCUT2D eigenvalue weighted by Crippen LogP contribution is 2.38. The smallest absolute Gasteiger partial charge is 0.306 e. The molecule has 3 amide bonds. The first-order valence-electron chi connectivity index (χ1n) is 29.6. The minimum absolute atomic E-state index is 0.0119. The van der Waals surface area contributed by atoms with Crippen LogP contribution in [-0.2, 0) is 41.6 Å². The summed E-state index contributed by atoms with van der Waals surface area (Å²) in [5.74, 6) is -0.675. The zero-order valence-electron chi connectivity index (χ0n) is 46.5. The standard InChI is InChI=1S/C59H106N4O7S/c1-7-11-15-19-23-27-36-49(37-28-24-20-16-12-8-2)69-55(66)42-33-31-40-53(64)61-59-57(58(68)60-45-35-46-62(5)6)51-44-47-63(48-52(51)71-59)54(65)41-32-34-43-56(67)70-50(38-29-25-21-17-13-9-3)39-30-26-22-18-14-10-4/h49-50H,7-48H2,1-6H3,(H,60,68)(H,61,64). The van der Waals surface area contributed by atoms with E-state index in [1.54, 1.807) is 0 Å². The van der Waals surface area contributed by atoms with Gasteiger partial charge in [-0.1, -0.05) is 156 Å². The van der Waals surface area contributed by atoms with Crippen molar-refractivity contribution in [1.29, 1.82) is 0 Å². The minimum atomic E-state index is -0.205. The number of hydrogen-bond acceptors (Lipinski definition) is 9. The first-order valence-corrected chi connectivity index (χ1v) is 30.4. The van der Waals surface area contributed by atoms with E-state index < -0.39 is 0 Å². The molecular formula is C59H106N4O7S. The molecule has 0 atom stereocenters. The molecular weight excluding hydrogens is 909 g/mol. The second-order valence-electron chi connectivity index (χ2n) is 21.1. The molecule has 0 spiro atoms. The largest absolute Gasteiger partial charge is 0.462 e. The molecule has 2 N–H and O–H groups in total. The van der Waals surface area contributed by atoms with E-state index in [1.807, 2.05) is 19.0 Å². The third-order valence-corrected chi connectivity index (χ3v) is 15.3. The minimum Gasteiger partial charge on any atom is -0.462 e. The maximum Gasteiger partial charge on any atom is 0.306 e. The molecule has 0 fully saturated rings. The number of fused-ring (bicyclic) bond motifs is 1. The number of anilines is 1. The Hall–Kier alpha value is -2.99. The maximum atomic E-state index is 13.8. The van der Waals surface area contributed by atoms with Crippen LogP contribution in [0.5, 0.6) is 0 Å². The van der Waals surface area contributed by atoms with Crippen molar-refractivity contribution in [3.63, 3.8) is 0 Å². The lowest BCUT2D eigenvalue weighted by Gasteiger charge is -2.27. The number of hydrogen-bond donors (Lipinski definition) is 2. The molecule has 1 aromatic heterocycles. The molecule has 71 heavy (non-hydrogen) atoms. The van der Waals surface area contributed by atoms with Crippen molar-refractivity contribution in [3.8, 4) is 0 Å². The summed E-state index contributed by atoms with van der Waals surface area (Å²) >= 11 is 1.39. The summed E-state index contributed by atoms with van der Waals surface area (Å²) in [5, 5.41) is 6.66. The Bertz CT molecular complexity index is 1530. The van der Waals surface area contributed by atoms with Crippen LogP contribution in [-0.4, -0.2) is 85.4 Å². The van der Waals surface area contributed by atoms with Gasteiger partial charge in [-0.05, 0) is 116 Å². The summed E-state index contributed by atoms with van der Waals surface area (Å²) in [6.45, 7) is 11.2. The summed E-state index contributed by atoms with van der Waals surface area (Å²) in [6, 6.07) is 0. The van der Waals surface area contributed by atoms with Crippen molar-refractivity contribution in [2.45, 2.75) is 290 Å². The van der Waals surface area contributed by atoms with Gasteiger partial charge >= 0.3 is 11.9 Å². The van der Waals surface area contributed by atoms with Crippen LogP contribution in [0, 0.1) is 0 Å². The molecule has 1 aromatic rings. The average molecular weight is 1020 g/mol. The summed E-state index contributed by atoms with van der Waals surface area (Å²) in [6.07, 6.45) is 37.8. The fourth-order valence-corrected chi connectivity index (χ4v) is 11.0. The number of esters is 2. The van der Waals surface area contributed by atoms with Crippen molar-refractivity contribution in [2.24, 2.45) is 0 Å². The summed E-state index contributed by atoms with van der Waals surface area (Å²) in [7, 11) is 4.01. The molecule has 0 radical (unpaired) electrons. The fraction of sp³-hybridized carbons (Fsp3) is 0.847. The third kappa shape index (κ3) is 31.4. The van der Waals surface area contributed by atoms with Gasteiger partial charge in [-0.25, -0.2) is 0 Å². The predicted molar refractivity (Wildman–Crippen MR) is 296 cm³/mol. The van der Waals surface area contributed by atoms with Gasteiger partial charge in [-0.2, -0.15) is 0 Å². The van der Waals surface area contributed by atoms with Crippen LogP contribution in [0.3, 0.4) is 0 Å². The maximum absolute atomic E-state index is 13.8. The SMILES string of the molecule is CCCCCCCCC(CCCCCCCC)OC(=O)CCCCC(=O)Nc1sc2c(c1C(=O)NCCCN(C)C)CCN(C(=O)CCCCC(=O)OC(CCCCCCCC)CCCCCCCC)C2. The lowest BCUT2D eigenvalue weighted by Crippen LogP contribution is -2.36. The average Bonchev–Trinajstić information content (AvgIpc) is 3.71. The van der Waals surface area contributed by atoms with Crippen molar-refractivity contribution >= 4 is 46.0 Å². The number of rotatable bonds is 46. The number of carbonyl (C=O) groups excluding carboxylic acids is 5. The van der Waals surface area contributed by atoms with Gasteiger partial charge in [-0.3, -0.25) is 24.0 Å². The molecule has 0 bridgehead atoms. The van der Waals surface area contributed by atoms with E-state index in [0.717, 1.165) is 74.8 Å². The van der Waals surface area contributed by atoms with Crippen molar-refractivity contribution < 1.29 is 33.4 Å². The Morgan fingerprint density at radius 2 is 0.972 bits per heavy atom. The molecule has 410 valence electrons. The van der Waals surface area contributed by atoms with Crippen molar-refractivity contribution in [1.82, 2.24) is 15.1 Å². The van der Waals surface area contributed by atoms with Gasteiger partial charge < -0.3 is 29.9 Å². The Kier molecular flexibility index (Phi) is 38.3.